The molecule has 0 bridgehead atoms. The maximum Gasteiger partial charge on any atom is 0.435 e. The smallest absolute Gasteiger partial charge is 0.435 e. The highest BCUT2D eigenvalue weighted by Gasteiger charge is 2.33. The van der Waals surface area contributed by atoms with Crippen molar-refractivity contribution < 1.29 is 27.5 Å². The second kappa shape index (κ2) is 7.76. The number of halogens is 3. The largest absolute Gasteiger partial charge is 0.465 e. The molecular formula is C17H14F3N3O3S2. The highest BCUT2D eigenvalue weighted by molar-refractivity contribution is 7.17. The van der Waals surface area contributed by atoms with E-state index in [1.54, 1.807) is 24.4 Å². The van der Waals surface area contributed by atoms with Crippen molar-refractivity contribution in [2.75, 3.05) is 12.4 Å². The van der Waals surface area contributed by atoms with Crippen LogP contribution in [0.5, 0.6) is 0 Å². The first-order valence-corrected chi connectivity index (χ1v) is 9.55. The van der Waals surface area contributed by atoms with Crippen molar-refractivity contribution in [1.29, 1.82) is 0 Å². The van der Waals surface area contributed by atoms with Crippen LogP contribution < -0.4 is 5.32 Å². The number of ether oxygens (including phenoxy) is 1. The number of methoxy groups -OCH3 is 1. The molecule has 0 aliphatic heterocycles. The lowest BCUT2D eigenvalue weighted by molar-refractivity contribution is -0.141. The van der Waals surface area contributed by atoms with E-state index < -0.39 is 23.7 Å². The lowest BCUT2D eigenvalue weighted by atomic mass is 10.3. The third-order valence-electron chi connectivity index (χ3n) is 3.64. The molecule has 0 fully saturated rings. The lowest BCUT2D eigenvalue weighted by Gasteiger charge is -2.03. The van der Waals surface area contributed by atoms with Gasteiger partial charge in [0.05, 0.1) is 24.1 Å². The van der Waals surface area contributed by atoms with Crippen molar-refractivity contribution in [3.05, 3.63) is 56.4 Å². The SMILES string of the molecule is COC(=O)c1cc(C)sc1NC(=O)c1cc(Cn2ccc(C(F)(F)F)n2)cs1. The molecule has 0 unspecified atom stereocenters. The number of aromatic nitrogens is 2. The van der Waals surface area contributed by atoms with Gasteiger partial charge in [0.15, 0.2) is 5.69 Å². The molecule has 3 rings (SSSR count). The van der Waals surface area contributed by atoms with Gasteiger partial charge >= 0.3 is 12.1 Å². The molecule has 1 amide bonds. The quantitative estimate of drug-likeness (QED) is 0.610. The Morgan fingerprint density at radius 1 is 1.32 bits per heavy atom. The first-order valence-electron chi connectivity index (χ1n) is 7.85. The van der Waals surface area contributed by atoms with Crippen LogP contribution in [0.2, 0.25) is 0 Å². The number of carbonyl (C=O) groups is 2. The van der Waals surface area contributed by atoms with Gasteiger partial charge in [-0.05, 0) is 36.1 Å². The number of thiophene rings is 2. The van der Waals surface area contributed by atoms with Crippen LogP contribution in [0.1, 0.15) is 36.2 Å². The third kappa shape index (κ3) is 4.42. The first kappa shape index (κ1) is 20.1. The minimum atomic E-state index is -4.50. The number of nitrogens with one attached hydrogen (secondary N) is 1. The van der Waals surface area contributed by atoms with Crippen LogP contribution in [0, 0.1) is 6.92 Å². The van der Waals surface area contributed by atoms with Crippen LogP contribution in [0.25, 0.3) is 0 Å². The van der Waals surface area contributed by atoms with Crippen LogP contribution >= 0.6 is 22.7 Å². The Hall–Kier alpha value is -2.66. The van der Waals surface area contributed by atoms with Crippen LogP contribution in [-0.2, 0) is 17.5 Å². The number of alkyl halides is 3. The Balaban J connectivity index is 1.71. The molecule has 148 valence electrons. The van der Waals surface area contributed by atoms with Gasteiger partial charge in [-0.3, -0.25) is 9.48 Å². The molecule has 0 saturated carbocycles. The second-order valence-electron chi connectivity index (χ2n) is 5.76. The average Bonchev–Trinajstić information content (AvgIpc) is 3.34. The fourth-order valence-electron chi connectivity index (χ4n) is 2.40. The van der Waals surface area contributed by atoms with Crippen molar-refractivity contribution in [2.24, 2.45) is 0 Å². The Bertz CT molecular complexity index is 1020. The van der Waals surface area contributed by atoms with E-state index in [2.05, 4.69) is 10.4 Å². The third-order valence-corrected chi connectivity index (χ3v) is 5.58. The molecule has 3 aromatic heterocycles. The number of carbonyl (C=O) groups excluding carboxylic acids is 2. The van der Waals surface area contributed by atoms with Gasteiger partial charge in [-0.2, -0.15) is 18.3 Å². The molecule has 11 heteroatoms. The molecule has 28 heavy (non-hydrogen) atoms. The average molecular weight is 429 g/mol. The van der Waals surface area contributed by atoms with Gasteiger partial charge in [0, 0.05) is 11.1 Å². The van der Waals surface area contributed by atoms with E-state index >= 15 is 0 Å². The van der Waals surface area contributed by atoms with Gasteiger partial charge in [0.2, 0.25) is 0 Å². The summed E-state index contributed by atoms with van der Waals surface area (Å²) in [5.41, 5.74) is -0.0574. The molecule has 0 radical (unpaired) electrons. The second-order valence-corrected chi connectivity index (χ2v) is 7.93. The summed E-state index contributed by atoms with van der Waals surface area (Å²) in [6, 6.07) is 4.10. The molecular weight excluding hydrogens is 415 g/mol. The number of anilines is 1. The van der Waals surface area contributed by atoms with Crippen LogP contribution in [0.3, 0.4) is 0 Å². The number of esters is 1. The van der Waals surface area contributed by atoms with E-state index in [-0.39, 0.29) is 12.1 Å². The predicted octanol–water partition coefficient (Wildman–Crippen LogP) is 4.42. The maximum absolute atomic E-state index is 12.6. The molecule has 0 saturated heterocycles. The Labute approximate surface area is 165 Å². The van der Waals surface area contributed by atoms with Crippen molar-refractivity contribution in [1.82, 2.24) is 9.78 Å². The maximum atomic E-state index is 12.6. The summed E-state index contributed by atoms with van der Waals surface area (Å²) in [5.74, 6) is -0.967. The Morgan fingerprint density at radius 2 is 2.07 bits per heavy atom. The van der Waals surface area contributed by atoms with E-state index in [9.17, 15) is 22.8 Å². The zero-order valence-corrected chi connectivity index (χ0v) is 16.3. The van der Waals surface area contributed by atoms with Gasteiger partial charge in [-0.15, -0.1) is 22.7 Å². The van der Waals surface area contributed by atoms with Gasteiger partial charge < -0.3 is 10.1 Å². The van der Waals surface area contributed by atoms with E-state index in [0.29, 0.717) is 15.4 Å². The molecule has 0 aliphatic rings. The molecule has 1 N–H and O–H groups in total. The number of amides is 1. The Morgan fingerprint density at radius 3 is 2.71 bits per heavy atom. The monoisotopic (exact) mass is 429 g/mol. The summed E-state index contributed by atoms with van der Waals surface area (Å²) in [4.78, 5) is 25.5. The summed E-state index contributed by atoms with van der Waals surface area (Å²) in [7, 11) is 1.26. The predicted molar refractivity (Wildman–Crippen MR) is 99.0 cm³/mol. The van der Waals surface area contributed by atoms with E-state index in [4.69, 9.17) is 4.74 Å². The van der Waals surface area contributed by atoms with Crippen molar-refractivity contribution in [3.63, 3.8) is 0 Å². The van der Waals surface area contributed by atoms with Gasteiger partial charge in [0.25, 0.3) is 5.91 Å². The van der Waals surface area contributed by atoms with Crippen LogP contribution in [0.15, 0.2) is 29.8 Å². The molecule has 0 atom stereocenters. The fourth-order valence-corrected chi connectivity index (χ4v) is 4.09. The van der Waals surface area contributed by atoms with Crippen LogP contribution in [-0.4, -0.2) is 28.8 Å². The lowest BCUT2D eigenvalue weighted by Crippen LogP contribution is -2.12. The minimum Gasteiger partial charge on any atom is -0.465 e. The Kier molecular flexibility index (Phi) is 5.57. The number of hydrogen-bond donors (Lipinski definition) is 1. The van der Waals surface area contributed by atoms with Crippen molar-refractivity contribution >= 4 is 39.6 Å². The summed E-state index contributed by atoms with van der Waals surface area (Å²) in [5, 5.41) is 8.22. The van der Waals surface area contributed by atoms with Crippen molar-refractivity contribution in [3.8, 4) is 0 Å². The summed E-state index contributed by atoms with van der Waals surface area (Å²) >= 11 is 2.40. The molecule has 6 nitrogen and oxygen atoms in total. The van der Waals surface area contributed by atoms with Crippen LogP contribution in [0.4, 0.5) is 18.2 Å². The number of hydrogen-bond acceptors (Lipinski definition) is 6. The van der Waals surface area contributed by atoms with Crippen molar-refractivity contribution in [2.45, 2.75) is 19.6 Å². The topological polar surface area (TPSA) is 73.2 Å². The highest BCUT2D eigenvalue weighted by atomic mass is 32.1. The van der Waals surface area contributed by atoms with Gasteiger partial charge in [-0.25, -0.2) is 4.79 Å². The summed E-state index contributed by atoms with van der Waals surface area (Å²) in [6.45, 7) is 1.90. The number of rotatable bonds is 5. The van der Waals surface area contributed by atoms with E-state index in [1.807, 2.05) is 0 Å². The summed E-state index contributed by atoms with van der Waals surface area (Å²) in [6.07, 6.45) is -3.27. The molecule has 0 aromatic carbocycles. The molecule has 0 aliphatic carbocycles. The van der Waals surface area contributed by atoms with Gasteiger partial charge in [0.1, 0.15) is 5.00 Å². The standard InChI is InChI=1S/C17H14F3N3O3S2/c1-9-5-11(16(25)26-2)15(28-9)21-14(24)12-6-10(8-27-12)7-23-4-3-13(22-23)17(18,19)20/h3-6,8H,7H2,1-2H3,(H,21,24). The molecule has 3 aromatic rings. The molecule has 3 heterocycles. The zero-order chi connectivity index (χ0) is 20.5. The molecule has 0 spiro atoms. The van der Waals surface area contributed by atoms with E-state index in [1.165, 1.54) is 24.6 Å². The number of aryl methyl sites for hydroxylation is 1. The zero-order valence-electron chi connectivity index (χ0n) is 14.7. The number of nitrogens with zero attached hydrogens (tertiary/aromatic N) is 2. The normalized spacial score (nSPS) is 11.5. The van der Waals surface area contributed by atoms with E-state index in [0.717, 1.165) is 27.0 Å². The highest BCUT2D eigenvalue weighted by Crippen LogP contribution is 2.30. The summed E-state index contributed by atoms with van der Waals surface area (Å²) < 4.78 is 43.7. The van der Waals surface area contributed by atoms with Gasteiger partial charge in [-0.1, -0.05) is 0 Å². The fraction of sp³-hybridized carbons (Fsp3) is 0.235. The first-order chi connectivity index (χ1) is 13.2. The minimum absolute atomic E-state index is 0.103.